The number of amides is 1. The zero-order chi connectivity index (χ0) is 13.3. The van der Waals surface area contributed by atoms with Crippen molar-refractivity contribution < 1.29 is 4.79 Å². The summed E-state index contributed by atoms with van der Waals surface area (Å²) in [6, 6.07) is 5.62. The van der Waals surface area contributed by atoms with Gasteiger partial charge >= 0.3 is 0 Å². The summed E-state index contributed by atoms with van der Waals surface area (Å²) in [5.41, 5.74) is 0.705. The van der Waals surface area contributed by atoms with E-state index in [1.54, 1.807) is 0 Å². The Hall–Kier alpha value is -0.0600. The summed E-state index contributed by atoms with van der Waals surface area (Å²) in [5, 5.41) is 0.184. The van der Waals surface area contributed by atoms with E-state index in [0.29, 0.717) is 11.5 Å². The first-order chi connectivity index (χ1) is 8.47. The van der Waals surface area contributed by atoms with E-state index >= 15 is 0 Å². The zero-order valence-electron chi connectivity index (χ0n) is 10.00. The Morgan fingerprint density at radius 2 is 1.94 bits per heavy atom. The molecule has 0 aliphatic carbocycles. The van der Waals surface area contributed by atoms with Crippen LogP contribution in [0.2, 0.25) is 0 Å². The number of carbonyl (C=O) groups excluding carboxylic acids is 1. The highest BCUT2D eigenvalue weighted by molar-refractivity contribution is 9.11. The monoisotopic (exact) mass is 393 g/mol. The smallest absolute Gasteiger partial charge is 0.253 e. The molecule has 2 nitrogen and oxygen atoms in total. The van der Waals surface area contributed by atoms with E-state index in [1.165, 1.54) is 0 Å². The highest BCUT2D eigenvalue weighted by atomic mass is 79.9. The molecule has 1 saturated heterocycles. The van der Waals surface area contributed by atoms with Crippen molar-refractivity contribution in [2.75, 3.05) is 13.1 Å². The Morgan fingerprint density at radius 1 is 1.33 bits per heavy atom. The van der Waals surface area contributed by atoms with Crippen LogP contribution in [0, 0.1) is 5.92 Å². The summed E-state index contributed by atoms with van der Waals surface area (Å²) in [4.78, 5) is 14.3. The van der Waals surface area contributed by atoms with Crippen LogP contribution in [0.1, 0.15) is 23.7 Å². The minimum Gasteiger partial charge on any atom is -0.338 e. The lowest BCUT2D eigenvalue weighted by molar-refractivity contribution is 0.0687. The van der Waals surface area contributed by atoms with E-state index in [9.17, 15) is 4.79 Å². The number of carbonyl (C=O) groups is 1. The van der Waals surface area contributed by atoms with Crippen molar-refractivity contribution >= 4 is 49.4 Å². The van der Waals surface area contributed by atoms with Gasteiger partial charge in [-0.25, -0.2) is 0 Å². The summed E-state index contributed by atoms with van der Waals surface area (Å²) >= 11 is 13.0. The Labute approximate surface area is 129 Å². The molecule has 2 atom stereocenters. The molecule has 18 heavy (non-hydrogen) atoms. The van der Waals surface area contributed by atoms with Gasteiger partial charge in [0.05, 0.1) is 0 Å². The van der Waals surface area contributed by atoms with Crippen molar-refractivity contribution in [3.05, 3.63) is 32.7 Å². The molecule has 1 amide bonds. The van der Waals surface area contributed by atoms with Crippen LogP contribution in [-0.2, 0) is 0 Å². The summed E-state index contributed by atoms with van der Waals surface area (Å²) in [6.07, 6.45) is 0.865. The molecule has 2 rings (SSSR count). The molecule has 5 heteroatoms. The Morgan fingerprint density at radius 3 is 2.50 bits per heavy atom. The average molecular weight is 396 g/mol. The number of likely N-dealkylation sites (tertiary alicyclic amines) is 1. The van der Waals surface area contributed by atoms with E-state index < -0.39 is 0 Å². The van der Waals surface area contributed by atoms with Gasteiger partial charge < -0.3 is 4.90 Å². The number of hydrogen-bond donors (Lipinski definition) is 0. The zero-order valence-corrected chi connectivity index (χ0v) is 13.9. The van der Waals surface area contributed by atoms with Crippen molar-refractivity contribution in [1.29, 1.82) is 0 Å². The van der Waals surface area contributed by atoms with Crippen LogP contribution < -0.4 is 0 Å². The Bertz CT molecular complexity index is 446. The molecule has 0 bridgehead atoms. The number of rotatable bonds is 1. The largest absolute Gasteiger partial charge is 0.338 e. The predicted molar refractivity (Wildman–Crippen MR) is 81.2 cm³/mol. The van der Waals surface area contributed by atoms with Crippen LogP contribution in [-0.4, -0.2) is 29.3 Å². The van der Waals surface area contributed by atoms with E-state index in [-0.39, 0.29) is 11.3 Å². The summed E-state index contributed by atoms with van der Waals surface area (Å²) < 4.78 is 1.81. The third-order valence-electron chi connectivity index (χ3n) is 3.20. The van der Waals surface area contributed by atoms with Gasteiger partial charge in [-0.05, 0) is 30.5 Å². The van der Waals surface area contributed by atoms with Gasteiger partial charge in [-0.3, -0.25) is 4.79 Å². The lowest BCUT2D eigenvalue weighted by atomic mass is 9.99. The van der Waals surface area contributed by atoms with Crippen LogP contribution in [0.4, 0.5) is 0 Å². The van der Waals surface area contributed by atoms with Crippen molar-refractivity contribution in [3.63, 3.8) is 0 Å². The van der Waals surface area contributed by atoms with Crippen LogP contribution >= 0.6 is 43.5 Å². The SMILES string of the molecule is CC1CN(C(=O)c2cc(Br)cc(Br)c2)CCC1Cl. The quantitative estimate of drug-likeness (QED) is 0.649. The van der Waals surface area contributed by atoms with E-state index in [2.05, 4.69) is 38.8 Å². The van der Waals surface area contributed by atoms with E-state index in [4.69, 9.17) is 11.6 Å². The second-order valence-corrected chi connectivity index (χ2v) is 7.08. The third-order valence-corrected chi connectivity index (χ3v) is 4.76. The van der Waals surface area contributed by atoms with Gasteiger partial charge in [-0.1, -0.05) is 38.8 Å². The fourth-order valence-electron chi connectivity index (χ4n) is 2.16. The Balaban J connectivity index is 2.16. The number of piperidine rings is 1. The molecule has 1 fully saturated rings. The molecule has 1 aliphatic heterocycles. The van der Waals surface area contributed by atoms with Crippen LogP contribution in [0.5, 0.6) is 0 Å². The van der Waals surface area contributed by atoms with E-state index in [1.807, 2.05) is 23.1 Å². The van der Waals surface area contributed by atoms with Gasteiger partial charge in [-0.15, -0.1) is 11.6 Å². The third kappa shape index (κ3) is 3.28. The lowest BCUT2D eigenvalue weighted by Gasteiger charge is -2.34. The van der Waals surface area contributed by atoms with Gasteiger partial charge in [0, 0.05) is 33.0 Å². The van der Waals surface area contributed by atoms with Gasteiger partial charge in [0.1, 0.15) is 0 Å². The maximum absolute atomic E-state index is 12.4. The maximum Gasteiger partial charge on any atom is 0.253 e. The minimum absolute atomic E-state index is 0.0763. The van der Waals surface area contributed by atoms with Crippen molar-refractivity contribution in [2.45, 2.75) is 18.7 Å². The molecule has 0 radical (unpaired) electrons. The normalized spacial score (nSPS) is 24.1. The topological polar surface area (TPSA) is 20.3 Å². The average Bonchev–Trinajstić information content (AvgIpc) is 2.30. The van der Waals surface area contributed by atoms with Gasteiger partial charge in [0.2, 0.25) is 0 Å². The van der Waals surface area contributed by atoms with Crippen LogP contribution in [0.15, 0.2) is 27.1 Å². The first-order valence-corrected chi connectivity index (χ1v) is 7.89. The second kappa shape index (κ2) is 5.93. The fourth-order valence-corrected chi connectivity index (χ4v) is 3.63. The molecule has 1 aromatic rings. The summed E-state index contributed by atoms with van der Waals surface area (Å²) in [6.45, 7) is 3.56. The number of alkyl halides is 1. The van der Waals surface area contributed by atoms with Crippen molar-refractivity contribution in [1.82, 2.24) is 4.90 Å². The first-order valence-electron chi connectivity index (χ1n) is 5.87. The standard InChI is InChI=1S/C13H14Br2ClNO/c1-8-7-17(3-2-12(8)16)13(18)9-4-10(14)6-11(15)5-9/h4-6,8,12H,2-3,7H2,1H3. The predicted octanol–water partition coefficient (Wildman–Crippen LogP) is 4.30. The molecular weight excluding hydrogens is 381 g/mol. The van der Waals surface area contributed by atoms with Gasteiger partial charge in [0.15, 0.2) is 0 Å². The minimum atomic E-state index is 0.0763. The summed E-state index contributed by atoms with van der Waals surface area (Å²) in [5.74, 6) is 0.423. The number of benzene rings is 1. The molecule has 0 saturated carbocycles. The molecule has 1 aliphatic rings. The van der Waals surface area contributed by atoms with Crippen molar-refractivity contribution in [3.8, 4) is 0 Å². The second-order valence-electron chi connectivity index (χ2n) is 4.69. The van der Waals surface area contributed by atoms with Gasteiger partial charge in [0.25, 0.3) is 5.91 Å². The first kappa shape index (κ1) is 14.4. The number of halogens is 3. The maximum atomic E-state index is 12.4. The Kier molecular flexibility index (Phi) is 4.73. The highest BCUT2D eigenvalue weighted by Gasteiger charge is 2.27. The number of nitrogens with zero attached hydrogens (tertiary/aromatic N) is 1. The number of hydrogen-bond acceptors (Lipinski definition) is 1. The molecule has 0 N–H and O–H groups in total. The molecule has 1 aromatic carbocycles. The van der Waals surface area contributed by atoms with Crippen molar-refractivity contribution in [2.24, 2.45) is 5.92 Å². The lowest BCUT2D eigenvalue weighted by Crippen LogP contribution is -2.43. The highest BCUT2D eigenvalue weighted by Crippen LogP contribution is 2.25. The van der Waals surface area contributed by atoms with Crippen LogP contribution in [0.3, 0.4) is 0 Å². The van der Waals surface area contributed by atoms with E-state index in [0.717, 1.165) is 28.5 Å². The molecule has 0 aromatic heterocycles. The summed E-state index contributed by atoms with van der Waals surface area (Å²) in [7, 11) is 0. The fraction of sp³-hybridized carbons (Fsp3) is 0.462. The molecular formula is C13H14Br2ClNO. The molecule has 0 spiro atoms. The molecule has 2 unspecified atom stereocenters. The van der Waals surface area contributed by atoms with Crippen LogP contribution in [0.25, 0.3) is 0 Å². The molecule has 1 heterocycles. The molecule has 98 valence electrons. The van der Waals surface area contributed by atoms with Gasteiger partial charge in [-0.2, -0.15) is 0 Å².